The van der Waals surface area contributed by atoms with Crippen LogP contribution in [-0.2, 0) is 17.1 Å². The highest BCUT2D eigenvalue weighted by molar-refractivity contribution is 6.03. The highest BCUT2D eigenvalue weighted by Gasteiger charge is 2.34. The van der Waals surface area contributed by atoms with E-state index in [9.17, 15) is 44.7 Å². The van der Waals surface area contributed by atoms with Crippen LogP contribution in [0.5, 0.6) is 0 Å². The second kappa shape index (κ2) is 23.4. The monoisotopic (exact) mass is 898 g/mol. The largest absolute Gasteiger partial charge is 0.416 e. The van der Waals surface area contributed by atoms with Crippen LogP contribution in [-0.4, -0.2) is 81.8 Å². The molecule has 7 rings (SSSR count). The van der Waals surface area contributed by atoms with Crippen LogP contribution in [0.1, 0.15) is 104 Å². The quantitative estimate of drug-likeness (QED) is 0.0821. The van der Waals surface area contributed by atoms with Gasteiger partial charge in [-0.15, -0.1) is 5.10 Å². The minimum Gasteiger partial charge on any atom is -0.306 e. The Morgan fingerprint density at radius 1 is 0.656 bits per heavy atom. The fraction of sp³-hybridized carbons (Fsp3) is 0.417. The van der Waals surface area contributed by atoms with Gasteiger partial charge in [-0.05, 0) is 126 Å². The fourth-order valence-electron chi connectivity index (χ4n) is 7.50. The topological polar surface area (TPSA) is 92.2 Å². The molecule has 3 aromatic heterocycles. The summed E-state index contributed by atoms with van der Waals surface area (Å²) >= 11 is 0. The maximum Gasteiger partial charge on any atom is 0.416 e. The molecule has 0 radical (unpaired) electrons. The second-order valence-corrected chi connectivity index (χ2v) is 15.2. The zero-order valence-corrected chi connectivity index (χ0v) is 36.8. The molecular formula is C48H54F8N6O2. The molecular weight excluding hydrogens is 845 g/mol. The van der Waals surface area contributed by atoms with E-state index >= 15 is 0 Å². The molecule has 0 saturated carbocycles. The van der Waals surface area contributed by atoms with Crippen LogP contribution in [0.15, 0.2) is 91.3 Å². The van der Waals surface area contributed by atoms with E-state index < -0.39 is 47.1 Å². The SMILES string of the molecule is CC.CC.CN1CCC(C(=O)CC(C(=O)c2cccc(C(F)(F)F)c2)c2ccnc(F)c2)CC1.CN1CCC(c2cc(-c3ccnc(F)c3)c(-c3cccc(C(F)(F)F)c3)nn2)CC1. The van der Waals surface area contributed by atoms with Gasteiger partial charge in [0.1, 0.15) is 11.5 Å². The van der Waals surface area contributed by atoms with Crippen molar-refractivity contribution in [2.75, 3.05) is 40.3 Å². The molecule has 2 aliphatic rings. The number of nitrogens with zero attached hydrogens (tertiary/aromatic N) is 6. The first-order chi connectivity index (χ1) is 30.5. The molecule has 5 heterocycles. The summed E-state index contributed by atoms with van der Waals surface area (Å²) in [6, 6.07) is 16.2. The Labute approximate surface area is 369 Å². The normalized spacial score (nSPS) is 15.7. The Balaban J connectivity index is 0.000000260. The molecule has 0 amide bonds. The first kappa shape index (κ1) is 51.2. The maximum absolute atomic E-state index is 13.8. The lowest BCUT2D eigenvalue weighted by molar-refractivity contribution is -0.138. The van der Waals surface area contributed by atoms with Gasteiger partial charge in [-0.2, -0.15) is 40.2 Å². The van der Waals surface area contributed by atoms with Gasteiger partial charge in [-0.25, -0.2) is 9.97 Å². The Morgan fingerprint density at radius 2 is 1.20 bits per heavy atom. The number of likely N-dealkylation sites (tertiary alicyclic amines) is 2. The third kappa shape index (κ3) is 14.0. The van der Waals surface area contributed by atoms with Crippen LogP contribution in [0, 0.1) is 17.8 Å². The molecule has 5 aromatic rings. The summed E-state index contributed by atoms with van der Waals surface area (Å²) in [6.45, 7) is 11.4. The van der Waals surface area contributed by atoms with Crippen molar-refractivity contribution in [3.63, 3.8) is 0 Å². The molecule has 344 valence electrons. The third-order valence-corrected chi connectivity index (χ3v) is 11.0. The summed E-state index contributed by atoms with van der Waals surface area (Å²) in [5.41, 5.74) is 0.713. The fourth-order valence-corrected chi connectivity index (χ4v) is 7.50. The molecule has 0 spiro atoms. The summed E-state index contributed by atoms with van der Waals surface area (Å²) in [4.78, 5) is 37.4. The summed E-state index contributed by atoms with van der Waals surface area (Å²) in [5, 5.41) is 8.64. The molecule has 2 saturated heterocycles. The van der Waals surface area contributed by atoms with E-state index in [0.29, 0.717) is 24.0 Å². The number of carbonyl (C=O) groups excluding carboxylic acids is 2. The molecule has 2 fully saturated rings. The summed E-state index contributed by atoms with van der Waals surface area (Å²) in [7, 11) is 4.02. The van der Waals surface area contributed by atoms with Gasteiger partial charge >= 0.3 is 12.4 Å². The van der Waals surface area contributed by atoms with Crippen molar-refractivity contribution >= 4 is 11.6 Å². The van der Waals surface area contributed by atoms with Crippen molar-refractivity contribution in [1.29, 1.82) is 0 Å². The molecule has 0 aliphatic carbocycles. The lowest BCUT2D eigenvalue weighted by atomic mass is 9.82. The zero-order chi connectivity index (χ0) is 47.2. The van der Waals surface area contributed by atoms with Crippen molar-refractivity contribution in [3.8, 4) is 22.4 Å². The van der Waals surface area contributed by atoms with Crippen LogP contribution >= 0.6 is 0 Å². The van der Waals surface area contributed by atoms with Crippen LogP contribution in [0.3, 0.4) is 0 Å². The first-order valence-corrected chi connectivity index (χ1v) is 21.4. The van der Waals surface area contributed by atoms with Gasteiger partial charge < -0.3 is 9.80 Å². The lowest BCUT2D eigenvalue weighted by Gasteiger charge is -2.29. The van der Waals surface area contributed by atoms with Gasteiger partial charge in [0.15, 0.2) is 5.78 Å². The predicted molar refractivity (Wildman–Crippen MR) is 230 cm³/mol. The molecule has 0 bridgehead atoms. The number of ketones is 2. The van der Waals surface area contributed by atoms with Crippen molar-refractivity contribution in [2.24, 2.45) is 5.92 Å². The molecule has 2 aliphatic heterocycles. The summed E-state index contributed by atoms with van der Waals surface area (Å²) in [5.74, 6) is -3.35. The minimum absolute atomic E-state index is 0.134. The van der Waals surface area contributed by atoms with Crippen LogP contribution in [0.4, 0.5) is 35.1 Å². The maximum atomic E-state index is 13.8. The number of aromatic nitrogens is 4. The number of alkyl halides is 6. The van der Waals surface area contributed by atoms with Gasteiger partial charge in [-0.1, -0.05) is 52.0 Å². The lowest BCUT2D eigenvalue weighted by Crippen LogP contribution is -2.34. The number of rotatable bonds is 9. The Kier molecular flexibility index (Phi) is 18.7. The van der Waals surface area contributed by atoms with E-state index in [1.807, 2.05) is 40.8 Å². The van der Waals surface area contributed by atoms with E-state index in [0.717, 1.165) is 81.1 Å². The van der Waals surface area contributed by atoms with E-state index in [1.54, 1.807) is 12.1 Å². The van der Waals surface area contributed by atoms with E-state index in [4.69, 9.17) is 0 Å². The van der Waals surface area contributed by atoms with Gasteiger partial charge in [-0.3, -0.25) is 9.59 Å². The third-order valence-electron chi connectivity index (χ3n) is 11.0. The van der Waals surface area contributed by atoms with Gasteiger partial charge in [0.25, 0.3) is 0 Å². The average Bonchev–Trinajstić information content (AvgIpc) is 3.29. The van der Waals surface area contributed by atoms with Crippen LogP contribution in [0.25, 0.3) is 22.4 Å². The standard InChI is InChI=1S/C22H20F4N4.C22H22F4N2O2.2C2H6/c1-30-9-6-14(7-10-30)19-13-18(15-5-8-27-20(23)12-15)21(29-28-19)16-3-2-4-17(11-16)22(24,25)26;1-28-9-6-14(7-10-28)19(29)13-18(15-5-8-27-20(23)12-15)21(30)16-3-2-4-17(11-16)22(24,25)26;2*1-2/h2-5,8,11-14H,6-7,9-10H2,1H3;2-5,8,11-12,14,18H,6-7,9-10,13H2,1H3;2*1-2H3. The van der Waals surface area contributed by atoms with Gasteiger partial charge in [0, 0.05) is 53.4 Å². The van der Waals surface area contributed by atoms with Crippen molar-refractivity contribution in [3.05, 3.63) is 131 Å². The first-order valence-electron chi connectivity index (χ1n) is 21.4. The molecule has 1 atom stereocenters. The van der Waals surface area contributed by atoms with E-state index in [1.165, 1.54) is 36.7 Å². The number of Topliss-reactive ketones (excluding diaryl/α,β-unsaturated/α-hetero) is 2. The number of hydrogen-bond acceptors (Lipinski definition) is 8. The van der Waals surface area contributed by atoms with Crippen LogP contribution in [0.2, 0.25) is 0 Å². The smallest absolute Gasteiger partial charge is 0.306 e. The molecule has 1 unspecified atom stereocenters. The molecule has 16 heteroatoms. The summed E-state index contributed by atoms with van der Waals surface area (Å²) < 4.78 is 106. The highest BCUT2D eigenvalue weighted by atomic mass is 19.4. The van der Waals surface area contributed by atoms with Gasteiger partial charge in [0.2, 0.25) is 11.9 Å². The molecule has 8 nitrogen and oxygen atoms in total. The molecule has 64 heavy (non-hydrogen) atoms. The average molecular weight is 899 g/mol. The molecule has 0 N–H and O–H groups in total. The van der Waals surface area contributed by atoms with Crippen molar-refractivity contribution in [2.45, 2.75) is 84.0 Å². The van der Waals surface area contributed by atoms with E-state index in [2.05, 4.69) is 37.0 Å². The predicted octanol–water partition coefficient (Wildman–Crippen LogP) is 11.7. The van der Waals surface area contributed by atoms with Crippen molar-refractivity contribution in [1.82, 2.24) is 30.0 Å². The number of benzene rings is 2. The number of pyridine rings is 2. The Hall–Kier alpha value is -5.48. The highest BCUT2D eigenvalue weighted by Crippen LogP contribution is 2.38. The zero-order valence-electron chi connectivity index (χ0n) is 36.8. The van der Waals surface area contributed by atoms with Crippen molar-refractivity contribution < 1.29 is 44.7 Å². The number of carbonyl (C=O) groups is 2. The minimum atomic E-state index is -4.60. The van der Waals surface area contributed by atoms with Gasteiger partial charge in [0.05, 0.1) is 22.7 Å². The Morgan fingerprint density at radius 3 is 1.78 bits per heavy atom. The number of piperidine rings is 2. The number of halogens is 8. The Bertz CT molecular complexity index is 2290. The summed E-state index contributed by atoms with van der Waals surface area (Å²) in [6.07, 6.45) is -3.61. The number of hydrogen-bond donors (Lipinski definition) is 0. The second-order valence-electron chi connectivity index (χ2n) is 15.2. The molecule has 2 aromatic carbocycles. The van der Waals surface area contributed by atoms with E-state index in [-0.39, 0.29) is 46.4 Å². The van der Waals surface area contributed by atoms with Crippen LogP contribution < -0.4 is 0 Å².